The number of para-hydroxylation sites is 2. The molecular weight excluding hydrogens is 550 g/mol. The molecule has 3 aliphatic rings. The topological polar surface area (TPSA) is 21.9 Å². The van der Waals surface area contributed by atoms with Crippen LogP contribution in [-0.4, -0.2) is 4.57 Å². The van der Waals surface area contributed by atoms with Crippen LogP contribution in [0.2, 0.25) is 0 Å². The van der Waals surface area contributed by atoms with Gasteiger partial charge in [-0.1, -0.05) is 42.5 Å². The number of fused-ring (bicyclic) bond motifs is 8. The summed E-state index contributed by atoms with van der Waals surface area (Å²) in [6.45, 7) is 0. The zero-order valence-electron chi connectivity index (χ0n) is 24.0. The van der Waals surface area contributed by atoms with E-state index in [1.807, 2.05) is 0 Å². The summed E-state index contributed by atoms with van der Waals surface area (Å²) in [5, 5.41) is 8.87. The minimum absolute atomic E-state index is 0.555. The van der Waals surface area contributed by atoms with Crippen molar-refractivity contribution in [1.82, 2.24) is 4.57 Å². The van der Waals surface area contributed by atoms with Crippen LogP contribution in [0.1, 0.15) is 11.1 Å². The van der Waals surface area contributed by atoms with Crippen LogP contribution in [0, 0.1) is 0 Å². The van der Waals surface area contributed by atoms with Gasteiger partial charge in [-0.25, -0.2) is 0 Å². The molecular formula is C41H23N3O+2. The Bertz CT molecular complexity index is 2850. The molecule has 6 heterocycles. The molecule has 0 radical (unpaired) electrons. The van der Waals surface area contributed by atoms with Gasteiger partial charge in [0.15, 0.2) is 23.5 Å². The molecule has 0 bridgehead atoms. The minimum atomic E-state index is -0.555. The Morgan fingerprint density at radius 3 is 2.27 bits per heavy atom. The van der Waals surface area contributed by atoms with E-state index >= 15 is 0 Å². The highest BCUT2D eigenvalue weighted by Crippen LogP contribution is 2.58. The molecule has 4 nitrogen and oxygen atoms in total. The Kier molecular flexibility index (Phi) is 3.69. The fraction of sp³-hybridized carbons (Fsp3) is 0.0244. The Labute approximate surface area is 257 Å². The van der Waals surface area contributed by atoms with Gasteiger partial charge in [0.1, 0.15) is 11.5 Å². The van der Waals surface area contributed by atoms with Gasteiger partial charge in [0, 0.05) is 34.7 Å². The summed E-state index contributed by atoms with van der Waals surface area (Å²) in [6, 6.07) is 46.4. The summed E-state index contributed by atoms with van der Waals surface area (Å²) in [7, 11) is 0. The van der Waals surface area contributed by atoms with E-state index < -0.39 is 5.66 Å². The normalized spacial score (nSPS) is 16.7. The van der Waals surface area contributed by atoms with Crippen LogP contribution in [0.25, 0.3) is 71.2 Å². The molecule has 1 unspecified atom stereocenters. The maximum Gasteiger partial charge on any atom is 0.425 e. The highest BCUT2D eigenvalue weighted by Gasteiger charge is 2.70. The number of aromatic nitrogens is 3. The van der Waals surface area contributed by atoms with Gasteiger partial charge >= 0.3 is 5.66 Å². The molecule has 1 atom stereocenters. The summed E-state index contributed by atoms with van der Waals surface area (Å²) in [4.78, 5) is 0. The molecule has 4 heteroatoms. The van der Waals surface area contributed by atoms with Gasteiger partial charge < -0.3 is 9.30 Å². The van der Waals surface area contributed by atoms with Gasteiger partial charge in [0.25, 0.3) is 0 Å². The second-order valence-electron chi connectivity index (χ2n) is 12.5. The largest absolute Gasteiger partial charge is 0.456 e. The average molecular weight is 574 g/mol. The molecule has 206 valence electrons. The molecule has 3 aliphatic heterocycles. The standard InChI is InChI=1S/C41H23N3O/c1-2-10-24(11-3-1)44-33-16-5-4-12-25(33)31-22-29-27-14-9-21-43-40(27)37-26(30(29)23-34(31)44)18-19-36-39(37)41(43)38-28(13-8-17-35(38)45-36)32-15-6-7-20-42(32)41/h1-23H/q+2. The second kappa shape index (κ2) is 7.37. The van der Waals surface area contributed by atoms with Crippen LogP contribution in [0.4, 0.5) is 0 Å². The van der Waals surface area contributed by atoms with E-state index in [-0.39, 0.29) is 0 Å². The van der Waals surface area contributed by atoms with E-state index in [4.69, 9.17) is 4.74 Å². The van der Waals surface area contributed by atoms with Gasteiger partial charge in [-0.2, -0.15) is 0 Å². The summed E-state index contributed by atoms with van der Waals surface area (Å²) in [5.41, 5.74) is 9.21. The first kappa shape index (κ1) is 22.5. The van der Waals surface area contributed by atoms with E-state index in [1.165, 1.54) is 82.3 Å². The minimum Gasteiger partial charge on any atom is -0.456 e. The quantitative estimate of drug-likeness (QED) is 0.143. The van der Waals surface area contributed by atoms with E-state index in [2.05, 4.69) is 153 Å². The molecule has 0 fully saturated rings. The van der Waals surface area contributed by atoms with Gasteiger partial charge in [-0.3, -0.25) is 0 Å². The van der Waals surface area contributed by atoms with Crippen molar-refractivity contribution in [1.29, 1.82) is 0 Å². The highest BCUT2D eigenvalue weighted by molar-refractivity contribution is 6.29. The van der Waals surface area contributed by atoms with Crippen molar-refractivity contribution in [3.63, 3.8) is 0 Å². The lowest BCUT2D eigenvalue weighted by molar-refractivity contribution is -0.950. The van der Waals surface area contributed by atoms with Gasteiger partial charge in [0.2, 0.25) is 11.2 Å². The fourth-order valence-electron chi connectivity index (χ4n) is 9.03. The first-order chi connectivity index (χ1) is 22.3. The SMILES string of the molecule is c1ccc(-n2c3ccccc3c3cc4c(cc32)c2ccc3c5c2c2c4ccc[n+]2C52c4c(cccc4-c4cccc[n+]42)O3)cc1. The Balaban J connectivity index is 1.32. The number of pyridine rings is 2. The zero-order chi connectivity index (χ0) is 29.0. The third-order valence-electron chi connectivity index (χ3n) is 10.6. The van der Waals surface area contributed by atoms with Crippen molar-refractivity contribution >= 4 is 54.3 Å². The molecule has 0 aliphatic carbocycles. The smallest absolute Gasteiger partial charge is 0.425 e. The lowest BCUT2D eigenvalue weighted by Crippen LogP contribution is -2.71. The number of hydrogen-bond donors (Lipinski definition) is 0. The molecule has 0 amide bonds. The van der Waals surface area contributed by atoms with Crippen molar-refractivity contribution < 1.29 is 13.9 Å². The van der Waals surface area contributed by atoms with E-state index in [1.54, 1.807) is 0 Å². The predicted octanol–water partition coefficient (Wildman–Crippen LogP) is 8.52. The van der Waals surface area contributed by atoms with E-state index in [0.29, 0.717) is 0 Å². The number of benzene rings is 6. The summed E-state index contributed by atoms with van der Waals surface area (Å²) in [5.74, 6) is 1.86. The van der Waals surface area contributed by atoms with Crippen molar-refractivity contribution in [2.24, 2.45) is 0 Å². The maximum atomic E-state index is 6.78. The average Bonchev–Trinajstić information content (AvgIpc) is 3.71. The fourth-order valence-corrected chi connectivity index (χ4v) is 9.03. The Morgan fingerprint density at radius 2 is 1.31 bits per heavy atom. The number of rotatable bonds is 1. The van der Waals surface area contributed by atoms with Gasteiger partial charge in [-0.05, 0) is 82.9 Å². The zero-order valence-corrected chi connectivity index (χ0v) is 24.0. The molecule has 0 N–H and O–H groups in total. The van der Waals surface area contributed by atoms with Crippen LogP contribution in [0.3, 0.4) is 0 Å². The molecule has 12 rings (SSSR count). The monoisotopic (exact) mass is 573 g/mol. The Hall–Kier alpha value is -6.00. The third kappa shape index (κ3) is 2.34. The van der Waals surface area contributed by atoms with Crippen LogP contribution in [0.5, 0.6) is 11.5 Å². The first-order valence-corrected chi connectivity index (χ1v) is 15.5. The van der Waals surface area contributed by atoms with Crippen molar-refractivity contribution in [2.75, 3.05) is 0 Å². The molecule has 0 saturated heterocycles. The number of ether oxygens (including phenoxy) is 1. The van der Waals surface area contributed by atoms with E-state index in [0.717, 1.165) is 11.5 Å². The highest BCUT2D eigenvalue weighted by atomic mass is 16.5. The summed E-state index contributed by atoms with van der Waals surface area (Å²) >= 11 is 0. The van der Waals surface area contributed by atoms with Crippen LogP contribution in [0.15, 0.2) is 140 Å². The lowest BCUT2D eigenvalue weighted by atomic mass is 9.85. The van der Waals surface area contributed by atoms with E-state index in [9.17, 15) is 0 Å². The number of hydrogen-bond acceptors (Lipinski definition) is 1. The third-order valence-corrected chi connectivity index (χ3v) is 10.6. The molecule has 1 spiro atoms. The first-order valence-electron chi connectivity index (χ1n) is 15.5. The van der Waals surface area contributed by atoms with Crippen LogP contribution < -0.4 is 13.9 Å². The molecule has 45 heavy (non-hydrogen) atoms. The summed E-state index contributed by atoms with van der Waals surface area (Å²) in [6.07, 6.45) is 4.52. The summed E-state index contributed by atoms with van der Waals surface area (Å²) < 4.78 is 14.2. The number of nitrogens with zero attached hydrogens (tertiary/aromatic N) is 3. The second-order valence-corrected chi connectivity index (χ2v) is 12.5. The molecule has 9 aromatic rings. The van der Waals surface area contributed by atoms with Crippen LogP contribution >= 0.6 is 0 Å². The van der Waals surface area contributed by atoms with Crippen LogP contribution in [-0.2, 0) is 5.66 Å². The lowest BCUT2D eigenvalue weighted by Gasteiger charge is -2.25. The molecule has 6 aromatic carbocycles. The van der Waals surface area contributed by atoms with Gasteiger partial charge in [0.05, 0.1) is 27.4 Å². The molecule has 3 aromatic heterocycles. The molecule has 0 saturated carbocycles. The van der Waals surface area contributed by atoms with Crippen molar-refractivity contribution in [2.45, 2.75) is 5.66 Å². The van der Waals surface area contributed by atoms with Crippen molar-refractivity contribution in [3.8, 4) is 28.4 Å². The maximum absolute atomic E-state index is 6.78. The predicted molar refractivity (Wildman–Crippen MR) is 177 cm³/mol. The van der Waals surface area contributed by atoms with Gasteiger partial charge in [-0.15, -0.1) is 9.13 Å². The van der Waals surface area contributed by atoms with Crippen molar-refractivity contribution in [3.05, 3.63) is 151 Å². The Morgan fingerprint density at radius 1 is 0.511 bits per heavy atom.